The number of para-hydroxylation sites is 1. The number of carboxylic acids is 1. The molecule has 0 radical (unpaired) electrons. The lowest BCUT2D eigenvalue weighted by Crippen LogP contribution is -2.26. The second kappa shape index (κ2) is 4.31. The van der Waals surface area contributed by atoms with Crippen molar-refractivity contribution in [2.75, 3.05) is 0 Å². The first-order valence-corrected chi connectivity index (χ1v) is 4.83. The van der Waals surface area contributed by atoms with Gasteiger partial charge in [0.05, 0.1) is 13.0 Å². The van der Waals surface area contributed by atoms with Crippen molar-refractivity contribution in [3.63, 3.8) is 0 Å². The minimum absolute atomic E-state index is 0.0623. The first-order valence-electron chi connectivity index (χ1n) is 4.83. The third-order valence-corrected chi connectivity index (χ3v) is 2.25. The van der Waals surface area contributed by atoms with Gasteiger partial charge in [0.2, 0.25) is 6.29 Å². The fraction of sp³-hybridized carbons (Fsp3) is 0.364. The highest BCUT2D eigenvalue weighted by atomic mass is 16.7. The Kier molecular flexibility index (Phi) is 2.87. The normalized spacial score (nSPS) is 19.1. The number of hydrogen-bond donors (Lipinski definition) is 1. The van der Waals surface area contributed by atoms with Crippen LogP contribution in [-0.2, 0) is 16.1 Å². The van der Waals surface area contributed by atoms with Crippen LogP contribution in [0.1, 0.15) is 18.4 Å². The molecule has 1 N–H and O–H groups in total. The van der Waals surface area contributed by atoms with E-state index in [0.717, 1.165) is 11.3 Å². The van der Waals surface area contributed by atoms with E-state index >= 15 is 0 Å². The lowest BCUT2D eigenvalue weighted by molar-refractivity contribution is -0.143. The third-order valence-electron chi connectivity index (χ3n) is 2.25. The van der Waals surface area contributed by atoms with E-state index in [1.807, 2.05) is 24.3 Å². The van der Waals surface area contributed by atoms with Gasteiger partial charge in [-0.2, -0.15) is 0 Å². The van der Waals surface area contributed by atoms with Gasteiger partial charge in [0, 0.05) is 12.0 Å². The minimum Gasteiger partial charge on any atom is -0.481 e. The van der Waals surface area contributed by atoms with Crippen molar-refractivity contribution in [1.82, 2.24) is 0 Å². The molecule has 0 bridgehead atoms. The van der Waals surface area contributed by atoms with Gasteiger partial charge in [0.15, 0.2) is 0 Å². The highest BCUT2D eigenvalue weighted by Crippen LogP contribution is 2.26. The fourth-order valence-electron chi connectivity index (χ4n) is 1.48. The number of carbonyl (C=O) groups is 1. The highest BCUT2D eigenvalue weighted by Gasteiger charge is 2.20. The molecule has 1 atom stereocenters. The number of fused-ring (bicyclic) bond motifs is 1. The standard InChI is InChI=1S/C11H12O4/c12-10(13)5-6-11-14-7-8-3-1-2-4-9(8)15-11/h1-4,11H,5-7H2,(H,12,13). The molecular weight excluding hydrogens is 196 g/mol. The van der Waals surface area contributed by atoms with Crippen molar-refractivity contribution < 1.29 is 19.4 Å². The lowest BCUT2D eigenvalue weighted by Gasteiger charge is -2.25. The molecule has 15 heavy (non-hydrogen) atoms. The molecule has 1 heterocycles. The van der Waals surface area contributed by atoms with Crippen LogP contribution in [0, 0.1) is 0 Å². The first-order chi connectivity index (χ1) is 7.25. The van der Waals surface area contributed by atoms with Crippen LogP contribution in [0.5, 0.6) is 5.75 Å². The summed E-state index contributed by atoms with van der Waals surface area (Å²) >= 11 is 0. The molecule has 2 rings (SSSR count). The molecule has 0 amide bonds. The second-order valence-corrected chi connectivity index (χ2v) is 3.40. The molecule has 4 nitrogen and oxygen atoms in total. The summed E-state index contributed by atoms with van der Waals surface area (Å²) in [7, 11) is 0. The van der Waals surface area contributed by atoms with Gasteiger partial charge in [0.25, 0.3) is 0 Å². The number of rotatable bonds is 3. The zero-order valence-corrected chi connectivity index (χ0v) is 8.18. The largest absolute Gasteiger partial charge is 0.481 e. The number of benzene rings is 1. The Bertz CT molecular complexity index is 361. The van der Waals surface area contributed by atoms with Crippen LogP contribution in [-0.4, -0.2) is 17.4 Å². The van der Waals surface area contributed by atoms with E-state index in [4.69, 9.17) is 14.6 Å². The molecule has 1 aliphatic rings. The summed E-state index contributed by atoms with van der Waals surface area (Å²) in [6.07, 6.45) is 0.00671. The van der Waals surface area contributed by atoms with Gasteiger partial charge in [-0.15, -0.1) is 0 Å². The van der Waals surface area contributed by atoms with E-state index in [-0.39, 0.29) is 6.42 Å². The van der Waals surface area contributed by atoms with Crippen molar-refractivity contribution in [2.24, 2.45) is 0 Å². The van der Waals surface area contributed by atoms with E-state index in [9.17, 15) is 4.79 Å². The van der Waals surface area contributed by atoms with Gasteiger partial charge in [-0.1, -0.05) is 18.2 Å². The molecular formula is C11H12O4. The van der Waals surface area contributed by atoms with Crippen LogP contribution in [0.4, 0.5) is 0 Å². The van der Waals surface area contributed by atoms with E-state index in [1.54, 1.807) is 0 Å². The molecule has 80 valence electrons. The van der Waals surface area contributed by atoms with E-state index < -0.39 is 12.3 Å². The molecule has 4 heteroatoms. The van der Waals surface area contributed by atoms with Crippen LogP contribution < -0.4 is 4.74 Å². The molecule has 0 aliphatic carbocycles. The Labute approximate surface area is 87.4 Å². The predicted molar refractivity (Wildman–Crippen MR) is 52.5 cm³/mol. The summed E-state index contributed by atoms with van der Waals surface area (Å²) in [6.45, 7) is 0.487. The Hall–Kier alpha value is -1.55. The number of aliphatic carboxylic acids is 1. The third kappa shape index (κ3) is 2.47. The summed E-state index contributed by atoms with van der Waals surface area (Å²) in [5, 5.41) is 8.53. The van der Waals surface area contributed by atoms with Gasteiger partial charge in [-0.05, 0) is 6.07 Å². The maximum absolute atomic E-state index is 10.4. The van der Waals surface area contributed by atoms with E-state index in [0.29, 0.717) is 13.0 Å². The quantitative estimate of drug-likeness (QED) is 0.822. The summed E-state index contributed by atoms with van der Waals surface area (Å²) < 4.78 is 10.9. The van der Waals surface area contributed by atoms with Crippen molar-refractivity contribution in [3.8, 4) is 5.75 Å². The van der Waals surface area contributed by atoms with Crippen LogP contribution in [0.2, 0.25) is 0 Å². The van der Waals surface area contributed by atoms with Crippen molar-refractivity contribution >= 4 is 5.97 Å². The average molecular weight is 208 g/mol. The smallest absolute Gasteiger partial charge is 0.303 e. The van der Waals surface area contributed by atoms with Crippen LogP contribution in [0.3, 0.4) is 0 Å². The maximum Gasteiger partial charge on any atom is 0.303 e. The number of ether oxygens (including phenoxy) is 2. The van der Waals surface area contributed by atoms with Crippen LogP contribution in [0.15, 0.2) is 24.3 Å². The maximum atomic E-state index is 10.4. The molecule has 1 unspecified atom stereocenters. The van der Waals surface area contributed by atoms with Crippen LogP contribution in [0.25, 0.3) is 0 Å². The Morgan fingerprint density at radius 1 is 1.47 bits per heavy atom. The molecule has 0 aromatic heterocycles. The minimum atomic E-state index is -0.832. The molecule has 1 aliphatic heterocycles. The SMILES string of the molecule is O=C(O)CCC1OCc2ccccc2O1. The molecule has 0 saturated carbocycles. The molecule has 0 spiro atoms. The van der Waals surface area contributed by atoms with Gasteiger partial charge < -0.3 is 14.6 Å². The summed E-state index contributed by atoms with van der Waals surface area (Å²) in [6, 6.07) is 7.61. The monoisotopic (exact) mass is 208 g/mol. The fourth-order valence-corrected chi connectivity index (χ4v) is 1.48. The van der Waals surface area contributed by atoms with Gasteiger partial charge in [0.1, 0.15) is 5.75 Å². The van der Waals surface area contributed by atoms with Gasteiger partial charge >= 0.3 is 5.97 Å². The van der Waals surface area contributed by atoms with E-state index in [2.05, 4.69) is 0 Å². The van der Waals surface area contributed by atoms with Gasteiger partial charge in [-0.3, -0.25) is 4.79 Å². The Morgan fingerprint density at radius 3 is 3.07 bits per heavy atom. The van der Waals surface area contributed by atoms with Crippen molar-refractivity contribution in [1.29, 1.82) is 0 Å². The predicted octanol–water partition coefficient (Wildman–Crippen LogP) is 1.79. The first kappa shape index (κ1) is 9.98. The van der Waals surface area contributed by atoms with Crippen LogP contribution >= 0.6 is 0 Å². The molecule has 1 aromatic carbocycles. The Morgan fingerprint density at radius 2 is 2.27 bits per heavy atom. The molecule has 1 aromatic rings. The lowest BCUT2D eigenvalue weighted by atomic mass is 10.2. The topological polar surface area (TPSA) is 55.8 Å². The Balaban J connectivity index is 1.96. The van der Waals surface area contributed by atoms with Crippen molar-refractivity contribution in [3.05, 3.63) is 29.8 Å². The number of carboxylic acid groups (broad SMARTS) is 1. The zero-order chi connectivity index (χ0) is 10.7. The molecule has 0 saturated heterocycles. The number of hydrogen-bond acceptors (Lipinski definition) is 3. The van der Waals surface area contributed by atoms with Gasteiger partial charge in [-0.25, -0.2) is 0 Å². The molecule has 0 fully saturated rings. The zero-order valence-electron chi connectivity index (χ0n) is 8.18. The van der Waals surface area contributed by atoms with Crippen molar-refractivity contribution in [2.45, 2.75) is 25.7 Å². The second-order valence-electron chi connectivity index (χ2n) is 3.40. The van der Waals surface area contributed by atoms with E-state index in [1.165, 1.54) is 0 Å². The average Bonchev–Trinajstić information content (AvgIpc) is 2.26. The highest BCUT2D eigenvalue weighted by molar-refractivity contribution is 5.66. The summed E-state index contributed by atoms with van der Waals surface area (Å²) in [4.78, 5) is 10.4. The summed E-state index contributed by atoms with van der Waals surface area (Å²) in [5.41, 5.74) is 1.00. The summed E-state index contributed by atoms with van der Waals surface area (Å²) in [5.74, 6) is -0.0415.